The molecule has 0 unspecified atom stereocenters. The van der Waals surface area contributed by atoms with E-state index in [9.17, 15) is 9.59 Å². The fraction of sp³-hybridized carbons (Fsp3) is 0.826. The Bertz CT molecular complexity index is 374. The summed E-state index contributed by atoms with van der Waals surface area (Å²) < 4.78 is 4.66. The maximum absolute atomic E-state index is 11.4. The summed E-state index contributed by atoms with van der Waals surface area (Å²) in [5, 5.41) is 0. The van der Waals surface area contributed by atoms with Gasteiger partial charge >= 0.3 is 11.9 Å². The molecule has 0 aromatic heterocycles. The molecule has 0 saturated heterocycles. The molecular formula is C23H42O3. The van der Waals surface area contributed by atoms with Crippen LogP contribution in [0.2, 0.25) is 0 Å². The summed E-state index contributed by atoms with van der Waals surface area (Å²) in [5.74, 6) is -1.03. The molecule has 0 N–H and O–H groups in total. The van der Waals surface area contributed by atoms with Crippen LogP contribution in [-0.4, -0.2) is 11.9 Å². The highest BCUT2D eigenvalue weighted by molar-refractivity contribution is 5.95. The lowest BCUT2D eigenvalue weighted by Crippen LogP contribution is -2.12. The van der Waals surface area contributed by atoms with Crippen LogP contribution < -0.4 is 0 Å². The molecule has 0 radical (unpaired) electrons. The zero-order valence-electron chi connectivity index (χ0n) is 17.5. The molecule has 3 nitrogen and oxygen atoms in total. The van der Waals surface area contributed by atoms with Gasteiger partial charge in [-0.3, -0.25) is 4.79 Å². The Kier molecular flexibility index (Phi) is 17.9. The van der Waals surface area contributed by atoms with Gasteiger partial charge in [-0.25, -0.2) is 4.79 Å². The van der Waals surface area contributed by atoms with E-state index in [0.29, 0.717) is 6.42 Å². The topological polar surface area (TPSA) is 43.4 Å². The fourth-order valence-corrected chi connectivity index (χ4v) is 3.06. The molecular weight excluding hydrogens is 324 g/mol. The third kappa shape index (κ3) is 17.7. The molecule has 0 aliphatic heterocycles. The third-order valence-corrected chi connectivity index (χ3v) is 4.79. The van der Waals surface area contributed by atoms with E-state index >= 15 is 0 Å². The Balaban J connectivity index is 3.19. The van der Waals surface area contributed by atoms with Crippen LogP contribution in [0.1, 0.15) is 123 Å². The van der Waals surface area contributed by atoms with Crippen molar-refractivity contribution in [1.29, 1.82) is 0 Å². The third-order valence-electron chi connectivity index (χ3n) is 4.79. The van der Waals surface area contributed by atoms with Crippen molar-refractivity contribution in [2.75, 3.05) is 0 Å². The summed E-state index contributed by atoms with van der Waals surface area (Å²) in [6.07, 6.45) is 21.2. The van der Waals surface area contributed by atoms with Gasteiger partial charge in [0, 0.05) is 12.0 Å². The molecule has 0 aliphatic carbocycles. The Morgan fingerprint density at radius 3 is 1.35 bits per heavy atom. The Morgan fingerprint density at radius 2 is 1.00 bits per heavy atom. The molecule has 0 aromatic rings. The predicted molar refractivity (Wildman–Crippen MR) is 110 cm³/mol. The lowest BCUT2D eigenvalue weighted by atomic mass is 10.0. The van der Waals surface area contributed by atoms with Crippen LogP contribution in [-0.2, 0) is 14.3 Å². The van der Waals surface area contributed by atoms with Gasteiger partial charge in [0.1, 0.15) is 0 Å². The maximum Gasteiger partial charge on any atom is 0.340 e. The first-order chi connectivity index (χ1) is 12.6. The standard InChI is InChI=1S/C23H42O3/c1-4-5-6-7-8-9-10-11-12-13-14-15-16-17-18-19-20-22(24)26-23(25)21(2)3/h2,4-20H2,1,3H3. The van der Waals surface area contributed by atoms with Crippen molar-refractivity contribution in [2.45, 2.75) is 123 Å². The number of hydrogen-bond donors (Lipinski definition) is 0. The van der Waals surface area contributed by atoms with E-state index < -0.39 is 11.9 Å². The van der Waals surface area contributed by atoms with Crippen molar-refractivity contribution in [3.63, 3.8) is 0 Å². The number of carbonyl (C=O) groups is 2. The molecule has 0 aliphatic rings. The number of esters is 2. The van der Waals surface area contributed by atoms with E-state index in [2.05, 4.69) is 18.2 Å². The molecule has 3 heteroatoms. The SMILES string of the molecule is C=C(C)C(=O)OC(=O)CCCCCCCCCCCCCCCCCC. The zero-order chi connectivity index (χ0) is 19.5. The lowest BCUT2D eigenvalue weighted by molar-refractivity contribution is -0.156. The van der Waals surface area contributed by atoms with Gasteiger partial charge < -0.3 is 4.74 Å². The van der Waals surface area contributed by atoms with E-state index in [4.69, 9.17) is 0 Å². The highest BCUT2D eigenvalue weighted by atomic mass is 16.6. The molecule has 0 spiro atoms. The molecule has 152 valence electrons. The molecule has 0 saturated carbocycles. The van der Waals surface area contributed by atoms with Gasteiger partial charge in [0.15, 0.2) is 0 Å². The van der Waals surface area contributed by atoms with Gasteiger partial charge in [-0.1, -0.05) is 110 Å². The van der Waals surface area contributed by atoms with Gasteiger partial charge in [0.05, 0.1) is 0 Å². The minimum atomic E-state index is -0.605. The average molecular weight is 367 g/mol. The Hall–Kier alpha value is -1.12. The summed E-state index contributed by atoms with van der Waals surface area (Å²) >= 11 is 0. The van der Waals surface area contributed by atoms with Crippen molar-refractivity contribution < 1.29 is 14.3 Å². The number of unbranched alkanes of at least 4 members (excludes halogenated alkanes) is 15. The van der Waals surface area contributed by atoms with Crippen molar-refractivity contribution in [3.8, 4) is 0 Å². The summed E-state index contributed by atoms with van der Waals surface area (Å²) in [6.45, 7) is 7.28. The first-order valence-electron chi connectivity index (χ1n) is 11.0. The van der Waals surface area contributed by atoms with Crippen LogP contribution in [0, 0.1) is 0 Å². The highest BCUT2D eigenvalue weighted by Gasteiger charge is 2.10. The monoisotopic (exact) mass is 366 g/mol. The minimum absolute atomic E-state index is 0.269. The first-order valence-corrected chi connectivity index (χ1v) is 11.0. The molecule has 0 amide bonds. The predicted octanol–water partition coefficient (Wildman–Crippen LogP) is 7.28. The number of carbonyl (C=O) groups excluding carboxylic acids is 2. The van der Waals surface area contributed by atoms with Crippen molar-refractivity contribution in [2.24, 2.45) is 0 Å². The number of rotatable bonds is 18. The van der Waals surface area contributed by atoms with Crippen LogP contribution in [0.25, 0.3) is 0 Å². The van der Waals surface area contributed by atoms with Crippen LogP contribution in [0.15, 0.2) is 12.2 Å². The summed E-state index contributed by atoms with van der Waals surface area (Å²) in [4.78, 5) is 22.6. The number of ether oxygens (including phenoxy) is 1. The molecule has 0 heterocycles. The van der Waals surface area contributed by atoms with Crippen LogP contribution in [0.5, 0.6) is 0 Å². The molecule has 0 atom stereocenters. The minimum Gasteiger partial charge on any atom is -0.390 e. The summed E-state index contributed by atoms with van der Waals surface area (Å²) in [6, 6.07) is 0. The fourth-order valence-electron chi connectivity index (χ4n) is 3.06. The normalized spacial score (nSPS) is 10.7. The second-order valence-electron chi connectivity index (χ2n) is 7.60. The molecule has 0 rings (SSSR count). The van der Waals surface area contributed by atoms with Crippen LogP contribution in [0.3, 0.4) is 0 Å². The lowest BCUT2D eigenvalue weighted by Gasteiger charge is -2.04. The molecule has 0 aromatic carbocycles. The van der Waals surface area contributed by atoms with Crippen molar-refractivity contribution in [1.82, 2.24) is 0 Å². The largest absolute Gasteiger partial charge is 0.390 e. The molecule has 26 heavy (non-hydrogen) atoms. The Labute approximate surface area is 162 Å². The maximum atomic E-state index is 11.4. The Morgan fingerprint density at radius 1 is 0.654 bits per heavy atom. The van der Waals surface area contributed by atoms with E-state index in [1.807, 2.05) is 0 Å². The van der Waals surface area contributed by atoms with Crippen LogP contribution in [0.4, 0.5) is 0 Å². The van der Waals surface area contributed by atoms with Crippen molar-refractivity contribution >= 4 is 11.9 Å². The summed E-state index contributed by atoms with van der Waals surface area (Å²) in [7, 11) is 0. The second-order valence-corrected chi connectivity index (χ2v) is 7.60. The van der Waals surface area contributed by atoms with E-state index in [1.165, 1.54) is 89.9 Å². The smallest absolute Gasteiger partial charge is 0.340 e. The second kappa shape index (κ2) is 18.7. The number of hydrogen-bond acceptors (Lipinski definition) is 3. The van der Waals surface area contributed by atoms with Gasteiger partial charge in [0.2, 0.25) is 0 Å². The zero-order valence-corrected chi connectivity index (χ0v) is 17.5. The van der Waals surface area contributed by atoms with E-state index in [-0.39, 0.29) is 5.57 Å². The highest BCUT2D eigenvalue weighted by Crippen LogP contribution is 2.14. The van der Waals surface area contributed by atoms with Gasteiger partial charge in [0.25, 0.3) is 0 Å². The van der Waals surface area contributed by atoms with Gasteiger partial charge in [-0.2, -0.15) is 0 Å². The first kappa shape index (κ1) is 24.9. The molecule has 0 bridgehead atoms. The van der Waals surface area contributed by atoms with E-state index in [0.717, 1.165) is 12.8 Å². The van der Waals surface area contributed by atoms with Gasteiger partial charge in [-0.15, -0.1) is 0 Å². The van der Waals surface area contributed by atoms with E-state index in [1.54, 1.807) is 6.92 Å². The quantitative estimate of drug-likeness (QED) is 0.111. The summed E-state index contributed by atoms with van der Waals surface area (Å²) in [5.41, 5.74) is 0.269. The molecule has 0 fully saturated rings. The van der Waals surface area contributed by atoms with Crippen molar-refractivity contribution in [3.05, 3.63) is 12.2 Å². The van der Waals surface area contributed by atoms with Crippen LogP contribution >= 0.6 is 0 Å². The average Bonchev–Trinajstić information content (AvgIpc) is 2.61. The van der Waals surface area contributed by atoms with Gasteiger partial charge in [-0.05, 0) is 13.3 Å².